The van der Waals surface area contributed by atoms with E-state index in [1.54, 1.807) is 25.1 Å². The van der Waals surface area contributed by atoms with Crippen LogP contribution in [0.3, 0.4) is 0 Å². The van der Waals surface area contributed by atoms with Crippen LogP contribution < -0.4 is 11.1 Å². The second-order valence-corrected chi connectivity index (χ2v) is 9.33. The minimum Gasteiger partial charge on any atom is -0.349 e. The van der Waals surface area contributed by atoms with Gasteiger partial charge in [-0.25, -0.2) is 8.42 Å². The summed E-state index contributed by atoms with van der Waals surface area (Å²) in [4.78, 5) is 12.9. The average molecular weight is 350 g/mol. The van der Waals surface area contributed by atoms with Gasteiger partial charge < -0.3 is 11.1 Å². The number of carbonyl (C=O) groups excluding carboxylic acids is 1. The molecule has 1 amide bonds. The van der Waals surface area contributed by atoms with Crippen LogP contribution in [0.1, 0.15) is 49.4 Å². The maximum Gasteiger partial charge on any atom is 0.252 e. The van der Waals surface area contributed by atoms with Crippen molar-refractivity contribution in [3.05, 3.63) is 29.8 Å². The molecule has 24 heavy (non-hydrogen) atoms. The molecule has 6 heteroatoms. The molecule has 2 fully saturated rings. The van der Waals surface area contributed by atoms with E-state index in [2.05, 4.69) is 5.32 Å². The van der Waals surface area contributed by atoms with Crippen molar-refractivity contribution in [2.75, 3.05) is 5.75 Å². The molecule has 2 aliphatic carbocycles. The van der Waals surface area contributed by atoms with E-state index in [0.717, 1.165) is 25.7 Å². The first-order valence-corrected chi connectivity index (χ1v) is 10.5. The molecule has 0 aromatic heterocycles. The van der Waals surface area contributed by atoms with Crippen LogP contribution in [0.2, 0.25) is 0 Å². The van der Waals surface area contributed by atoms with E-state index in [1.807, 2.05) is 0 Å². The Bertz CT molecular complexity index is 703. The first-order valence-electron chi connectivity index (χ1n) is 8.80. The molecule has 3 rings (SSSR count). The van der Waals surface area contributed by atoms with Crippen molar-refractivity contribution in [1.82, 2.24) is 5.32 Å². The number of fused-ring (bicyclic) bond motifs is 2. The Hall–Kier alpha value is -1.40. The summed E-state index contributed by atoms with van der Waals surface area (Å²) in [6.07, 6.45) is 5.25. The van der Waals surface area contributed by atoms with Crippen molar-refractivity contribution in [3.63, 3.8) is 0 Å². The molecule has 2 unspecified atom stereocenters. The molecule has 132 valence electrons. The van der Waals surface area contributed by atoms with E-state index >= 15 is 0 Å². The molecule has 2 aliphatic rings. The SMILES string of the molecule is CCS(=O)(=O)c1ccccc1C(=O)NC1C2CCCC1CC(N)C2. The van der Waals surface area contributed by atoms with Crippen molar-refractivity contribution in [1.29, 1.82) is 0 Å². The van der Waals surface area contributed by atoms with Gasteiger partial charge >= 0.3 is 0 Å². The summed E-state index contributed by atoms with van der Waals surface area (Å²) in [7, 11) is -3.42. The molecule has 1 aromatic rings. The van der Waals surface area contributed by atoms with Crippen molar-refractivity contribution in [2.24, 2.45) is 17.6 Å². The molecule has 0 spiro atoms. The third kappa shape index (κ3) is 3.35. The highest BCUT2D eigenvalue weighted by Crippen LogP contribution is 2.39. The van der Waals surface area contributed by atoms with Crippen LogP contribution in [-0.4, -0.2) is 32.2 Å². The van der Waals surface area contributed by atoms with Crippen LogP contribution in [0.4, 0.5) is 0 Å². The molecule has 2 saturated carbocycles. The van der Waals surface area contributed by atoms with Crippen LogP contribution in [0, 0.1) is 11.8 Å². The number of nitrogens with one attached hydrogen (secondary N) is 1. The van der Waals surface area contributed by atoms with Crippen molar-refractivity contribution in [2.45, 2.75) is 56.0 Å². The Balaban J connectivity index is 1.84. The van der Waals surface area contributed by atoms with E-state index in [-0.39, 0.29) is 34.2 Å². The lowest BCUT2D eigenvalue weighted by Gasteiger charge is -2.45. The lowest BCUT2D eigenvalue weighted by molar-refractivity contribution is 0.0753. The normalized spacial score (nSPS) is 29.9. The van der Waals surface area contributed by atoms with Gasteiger partial charge in [0.05, 0.1) is 16.2 Å². The fraction of sp³-hybridized carbons (Fsp3) is 0.611. The molecule has 3 N–H and O–H groups in total. The van der Waals surface area contributed by atoms with Crippen LogP contribution in [0.25, 0.3) is 0 Å². The van der Waals surface area contributed by atoms with E-state index in [4.69, 9.17) is 5.73 Å². The van der Waals surface area contributed by atoms with Crippen LogP contribution >= 0.6 is 0 Å². The van der Waals surface area contributed by atoms with Crippen molar-refractivity contribution < 1.29 is 13.2 Å². The lowest BCUT2D eigenvalue weighted by atomic mass is 9.67. The molecule has 0 radical (unpaired) electrons. The molecule has 0 saturated heterocycles. The quantitative estimate of drug-likeness (QED) is 0.870. The Labute approximate surface area is 143 Å². The first-order chi connectivity index (χ1) is 11.4. The van der Waals surface area contributed by atoms with Crippen molar-refractivity contribution >= 4 is 15.7 Å². The van der Waals surface area contributed by atoms with Crippen molar-refractivity contribution in [3.8, 4) is 0 Å². The van der Waals surface area contributed by atoms with E-state index < -0.39 is 9.84 Å². The van der Waals surface area contributed by atoms with E-state index in [1.165, 1.54) is 12.5 Å². The zero-order valence-corrected chi connectivity index (χ0v) is 14.9. The largest absolute Gasteiger partial charge is 0.349 e. The van der Waals surface area contributed by atoms with E-state index in [0.29, 0.717) is 11.8 Å². The number of rotatable bonds is 4. The van der Waals surface area contributed by atoms with Gasteiger partial charge in [0.1, 0.15) is 0 Å². The average Bonchev–Trinajstić information content (AvgIpc) is 2.55. The first kappa shape index (κ1) is 17.4. The third-order valence-corrected chi connectivity index (χ3v) is 7.31. The zero-order chi connectivity index (χ0) is 17.3. The minimum absolute atomic E-state index is 0.0131. The minimum atomic E-state index is -3.42. The number of hydrogen-bond acceptors (Lipinski definition) is 4. The highest BCUT2D eigenvalue weighted by Gasteiger charge is 2.40. The smallest absolute Gasteiger partial charge is 0.252 e. The summed E-state index contributed by atoms with van der Waals surface area (Å²) >= 11 is 0. The summed E-state index contributed by atoms with van der Waals surface area (Å²) in [6, 6.07) is 6.83. The summed E-state index contributed by atoms with van der Waals surface area (Å²) < 4.78 is 24.5. The van der Waals surface area contributed by atoms with Crippen LogP contribution in [-0.2, 0) is 9.84 Å². The number of amides is 1. The Kier molecular flexibility index (Phi) is 4.97. The van der Waals surface area contributed by atoms with Crippen LogP contribution in [0.5, 0.6) is 0 Å². The molecule has 5 nitrogen and oxygen atoms in total. The predicted octanol–water partition coefficient (Wildman–Crippen LogP) is 2.12. The number of hydrogen-bond donors (Lipinski definition) is 2. The Morgan fingerprint density at radius 3 is 2.46 bits per heavy atom. The second-order valence-electron chi connectivity index (χ2n) is 7.08. The predicted molar refractivity (Wildman–Crippen MR) is 93.5 cm³/mol. The highest BCUT2D eigenvalue weighted by molar-refractivity contribution is 7.91. The van der Waals surface area contributed by atoms with Crippen LogP contribution in [0.15, 0.2) is 29.2 Å². The van der Waals surface area contributed by atoms with Gasteiger partial charge in [0.15, 0.2) is 9.84 Å². The van der Waals surface area contributed by atoms with Gasteiger partial charge in [0.2, 0.25) is 0 Å². The Morgan fingerprint density at radius 2 is 1.83 bits per heavy atom. The maximum absolute atomic E-state index is 12.8. The summed E-state index contributed by atoms with van der Waals surface area (Å²) in [5, 5.41) is 3.14. The third-order valence-electron chi connectivity index (χ3n) is 5.52. The molecule has 2 bridgehead atoms. The van der Waals surface area contributed by atoms with Gasteiger partial charge in [-0.15, -0.1) is 0 Å². The number of carbonyl (C=O) groups is 1. The molecular weight excluding hydrogens is 324 g/mol. The summed E-state index contributed by atoms with van der Waals surface area (Å²) in [5.74, 6) is 0.527. The standard InChI is InChI=1S/C18H26N2O3S/c1-2-24(22,23)16-9-4-3-8-15(16)18(21)20-17-12-6-5-7-13(17)11-14(19)10-12/h3-4,8-9,12-14,17H,2,5-7,10-11,19H2,1H3,(H,20,21). The van der Waals surface area contributed by atoms with Gasteiger partial charge in [-0.3, -0.25) is 4.79 Å². The number of benzene rings is 1. The number of sulfone groups is 1. The molecule has 1 aromatic carbocycles. The maximum atomic E-state index is 12.8. The van der Waals surface area contributed by atoms with Gasteiger partial charge in [-0.1, -0.05) is 25.5 Å². The topological polar surface area (TPSA) is 89.3 Å². The molecule has 0 aliphatic heterocycles. The molecular formula is C18H26N2O3S. The van der Waals surface area contributed by atoms with Gasteiger partial charge in [0, 0.05) is 12.1 Å². The second kappa shape index (κ2) is 6.84. The zero-order valence-electron chi connectivity index (χ0n) is 14.1. The highest BCUT2D eigenvalue weighted by atomic mass is 32.2. The van der Waals surface area contributed by atoms with Gasteiger partial charge in [-0.05, 0) is 49.7 Å². The summed E-state index contributed by atoms with van der Waals surface area (Å²) in [5.41, 5.74) is 6.39. The lowest BCUT2D eigenvalue weighted by Crippen LogP contribution is -2.53. The fourth-order valence-corrected chi connectivity index (χ4v) is 5.43. The van der Waals surface area contributed by atoms with E-state index in [9.17, 15) is 13.2 Å². The Morgan fingerprint density at radius 1 is 1.21 bits per heavy atom. The van der Waals surface area contributed by atoms with Gasteiger partial charge in [0.25, 0.3) is 5.91 Å². The fourth-order valence-electron chi connectivity index (χ4n) is 4.33. The summed E-state index contributed by atoms with van der Waals surface area (Å²) in [6.45, 7) is 1.59. The number of nitrogens with two attached hydrogens (primary N) is 1. The monoisotopic (exact) mass is 350 g/mol. The molecule has 0 heterocycles. The molecule has 2 atom stereocenters. The van der Waals surface area contributed by atoms with Gasteiger partial charge in [-0.2, -0.15) is 0 Å².